The molecule has 0 bridgehead atoms. The van der Waals surface area contributed by atoms with Crippen molar-refractivity contribution in [3.05, 3.63) is 34.4 Å². The van der Waals surface area contributed by atoms with Gasteiger partial charge in [-0.25, -0.2) is 0 Å². The Morgan fingerprint density at radius 3 is 2.50 bits per heavy atom. The Bertz CT molecular complexity index is 363. The molecule has 0 aromatic heterocycles. The SMILES string of the molecule is CC(C)=CC(=O)C/C(C)=C1\CC=C(C)CC1. The van der Waals surface area contributed by atoms with Crippen LogP contribution < -0.4 is 0 Å². The molecule has 16 heavy (non-hydrogen) atoms. The molecule has 0 radical (unpaired) electrons. The number of carbonyl (C=O) groups excluding carboxylic acids is 1. The van der Waals surface area contributed by atoms with Gasteiger partial charge in [0.2, 0.25) is 0 Å². The highest BCUT2D eigenvalue weighted by molar-refractivity contribution is 5.91. The van der Waals surface area contributed by atoms with E-state index in [0.29, 0.717) is 6.42 Å². The molecular formula is C15H22O. The highest BCUT2D eigenvalue weighted by atomic mass is 16.1. The van der Waals surface area contributed by atoms with Crippen molar-refractivity contribution in [3.63, 3.8) is 0 Å². The van der Waals surface area contributed by atoms with Gasteiger partial charge in [0.15, 0.2) is 5.78 Å². The summed E-state index contributed by atoms with van der Waals surface area (Å²) in [6.45, 7) is 8.21. The molecule has 1 nitrogen and oxygen atoms in total. The predicted molar refractivity (Wildman–Crippen MR) is 69.4 cm³/mol. The van der Waals surface area contributed by atoms with Crippen LogP contribution in [0, 0.1) is 0 Å². The summed E-state index contributed by atoms with van der Waals surface area (Å²) in [5, 5.41) is 0. The maximum absolute atomic E-state index is 11.6. The van der Waals surface area contributed by atoms with E-state index in [2.05, 4.69) is 19.9 Å². The molecule has 0 aliphatic heterocycles. The van der Waals surface area contributed by atoms with Crippen LogP contribution in [0.15, 0.2) is 34.4 Å². The van der Waals surface area contributed by atoms with E-state index in [9.17, 15) is 4.79 Å². The zero-order valence-corrected chi connectivity index (χ0v) is 10.9. The molecule has 1 rings (SSSR count). The fourth-order valence-electron chi connectivity index (χ4n) is 2.00. The highest BCUT2D eigenvalue weighted by Gasteiger charge is 2.09. The first-order valence-corrected chi connectivity index (χ1v) is 6.00. The van der Waals surface area contributed by atoms with Crippen LogP contribution in [0.5, 0.6) is 0 Å². The van der Waals surface area contributed by atoms with E-state index in [4.69, 9.17) is 0 Å². The number of rotatable bonds is 3. The summed E-state index contributed by atoms with van der Waals surface area (Å²) in [5.74, 6) is 0.233. The first-order valence-electron chi connectivity index (χ1n) is 6.00. The molecule has 0 amide bonds. The minimum atomic E-state index is 0.233. The van der Waals surface area contributed by atoms with Crippen LogP contribution >= 0.6 is 0 Å². The van der Waals surface area contributed by atoms with Gasteiger partial charge in [0.1, 0.15) is 0 Å². The molecule has 0 saturated heterocycles. The zero-order valence-electron chi connectivity index (χ0n) is 10.9. The van der Waals surface area contributed by atoms with E-state index in [1.54, 1.807) is 6.08 Å². The van der Waals surface area contributed by atoms with Crippen molar-refractivity contribution in [2.24, 2.45) is 0 Å². The number of hydrogen-bond acceptors (Lipinski definition) is 1. The molecule has 0 heterocycles. The summed E-state index contributed by atoms with van der Waals surface area (Å²) < 4.78 is 0. The summed E-state index contributed by atoms with van der Waals surface area (Å²) in [6, 6.07) is 0. The van der Waals surface area contributed by atoms with Gasteiger partial charge in [-0.05, 0) is 53.0 Å². The zero-order chi connectivity index (χ0) is 12.1. The Hall–Kier alpha value is -1.11. The summed E-state index contributed by atoms with van der Waals surface area (Å²) >= 11 is 0. The first kappa shape index (κ1) is 13.0. The monoisotopic (exact) mass is 218 g/mol. The Morgan fingerprint density at radius 2 is 2.00 bits per heavy atom. The number of carbonyl (C=O) groups is 1. The van der Waals surface area contributed by atoms with E-state index in [-0.39, 0.29) is 5.78 Å². The van der Waals surface area contributed by atoms with Crippen LogP contribution in [0.4, 0.5) is 0 Å². The summed E-state index contributed by atoms with van der Waals surface area (Å²) in [7, 11) is 0. The second kappa shape index (κ2) is 5.83. The van der Waals surface area contributed by atoms with Crippen molar-refractivity contribution in [3.8, 4) is 0 Å². The average Bonchev–Trinajstić information content (AvgIpc) is 2.16. The van der Waals surface area contributed by atoms with Gasteiger partial charge < -0.3 is 0 Å². The Morgan fingerprint density at radius 1 is 1.31 bits per heavy atom. The maximum Gasteiger partial charge on any atom is 0.159 e. The van der Waals surface area contributed by atoms with Crippen molar-refractivity contribution in [1.82, 2.24) is 0 Å². The summed E-state index contributed by atoms with van der Waals surface area (Å²) in [5.41, 5.74) is 5.29. The molecule has 0 aromatic rings. The molecule has 0 saturated carbocycles. The van der Waals surface area contributed by atoms with Crippen molar-refractivity contribution in [1.29, 1.82) is 0 Å². The Balaban J connectivity index is 2.64. The van der Waals surface area contributed by atoms with Crippen LogP contribution in [-0.4, -0.2) is 5.78 Å². The van der Waals surface area contributed by atoms with Crippen LogP contribution in [0.2, 0.25) is 0 Å². The molecule has 0 N–H and O–H groups in total. The summed E-state index contributed by atoms with van der Waals surface area (Å²) in [4.78, 5) is 11.6. The molecule has 0 fully saturated rings. The van der Waals surface area contributed by atoms with Gasteiger partial charge in [0.05, 0.1) is 0 Å². The van der Waals surface area contributed by atoms with Crippen LogP contribution in [0.3, 0.4) is 0 Å². The Kier molecular flexibility index (Phi) is 4.72. The van der Waals surface area contributed by atoms with Gasteiger partial charge in [-0.1, -0.05) is 28.4 Å². The smallest absolute Gasteiger partial charge is 0.159 e. The number of hydrogen-bond donors (Lipinski definition) is 0. The second-order valence-electron chi connectivity index (χ2n) is 5.00. The third-order valence-corrected chi connectivity index (χ3v) is 3.01. The van der Waals surface area contributed by atoms with Crippen molar-refractivity contribution >= 4 is 5.78 Å². The quantitative estimate of drug-likeness (QED) is 0.508. The standard InChI is InChI=1S/C15H22O/c1-11(2)9-15(16)10-13(4)14-7-5-12(3)6-8-14/h5,9H,6-8,10H2,1-4H3/b14-13+. The third-order valence-electron chi connectivity index (χ3n) is 3.01. The fraction of sp³-hybridized carbons (Fsp3) is 0.533. The minimum absolute atomic E-state index is 0.233. The van der Waals surface area contributed by atoms with Crippen LogP contribution in [0.25, 0.3) is 0 Å². The first-order chi connectivity index (χ1) is 7.49. The molecule has 0 aromatic carbocycles. The van der Waals surface area contributed by atoms with Gasteiger partial charge >= 0.3 is 0 Å². The molecule has 1 aliphatic rings. The van der Waals surface area contributed by atoms with Gasteiger partial charge in [-0.3, -0.25) is 4.79 Å². The molecule has 0 atom stereocenters. The Labute approximate surface area is 98.9 Å². The minimum Gasteiger partial charge on any atom is -0.295 e. The van der Waals surface area contributed by atoms with Gasteiger partial charge in [0.25, 0.3) is 0 Å². The van der Waals surface area contributed by atoms with E-state index in [1.807, 2.05) is 13.8 Å². The van der Waals surface area contributed by atoms with Crippen molar-refractivity contribution < 1.29 is 4.79 Å². The highest BCUT2D eigenvalue weighted by Crippen LogP contribution is 2.26. The topological polar surface area (TPSA) is 17.1 Å². The van der Waals surface area contributed by atoms with Gasteiger partial charge in [-0.15, -0.1) is 0 Å². The van der Waals surface area contributed by atoms with Gasteiger partial charge in [0, 0.05) is 6.42 Å². The normalized spacial score (nSPS) is 18.9. The van der Waals surface area contributed by atoms with Gasteiger partial charge in [-0.2, -0.15) is 0 Å². The van der Waals surface area contributed by atoms with Crippen molar-refractivity contribution in [2.45, 2.75) is 53.4 Å². The number of allylic oxidation sites excluding steroid dienone is 6. The van der Waals surface area contributed by atoms with Crippen molar-refractivity contribution in [2.75, 3.05) is 0 Å². The van der Waals surface area contributed by atoms with E-state index in [1.165, 1.54) is 16.7 Å². The lowest BCUT2D eigenvalue weighted by Crippen LogP contribution is -2.00. The van der Waals surface area contributed by atoms with E-state index >= 15 is 0 Å². The largest absolute Gasteiger partial charge is 0.295 e. The molecule has 1 aliphatic carbocycles. The summed E-state index contributed by atoms with van der Waals surface area (Å²) in [6.07, 6.45) is 7.95. The van der Waals surface area contributed by atoms with E-state index in [0.717, 1.165) is 24.8 Å². The average molecular weight is 218 g/mol. The van der Waals surface area contributed by atoms with Crippen LogP contribution in [0.1, 0.15) is 53.4 Å². The lowest BCUT2D eigenvalue weighted by Gasteiger charge is -2.15. The maximum atomic E-state index is 11.6. The molecular weight excluding hydrogens is 196 g/mol. The second-order valence-corrected chi connectivity index (χ2v) is 5.00. The lowest BCUT2D eigenvalue weighted by molar-refractivity contribution is -0.114. The molecule has 1 heteroatoms. The fourth-order valence-corrected chi connectivity index (χ4v) is 2.00. The number of ketones is 1. The van der Waals surface area contributed by atoms with E-state index < -0.39 is 0 Å². The molecule has 0 unspecified atom stereocenters. The predicted octanol–water partition coefficient (Wildman–Crippen LogP) is 4.36. The lowest BCUT2D eigenvalue weighted by atomic mass is 9.90. The molecule has 88 valence electrons. The third kappa shape index (κ3) is 4.18. The molecule has 0 spiro atoms. The van der Waals surface area contributed by atoms with Crippen LogP contribution in [-0.2, 0) is 4.79 Å².